The second-order valence-corrected chi connectivity index (χ2v) is 8.39. The highest BCUT2D eigenvalue weighted by atomic mass is 35.5. The van der Waals surface area contributed by atoms with Crippen LogP contribution in [-0.4, -0.2) is 38.6 Å². The Morgan fingerprint density at radius 2 is 1.64 bits per heavy atom. The minimum absolute atomic E-state index is 0. The zero-order valence-corrected chi connectivity index (χ0v) is 16.9. The van der Waals surface area contributed by atoms with E-state index in [1.54, 1.807) is 18.2 Å². The SMILES string of the molecule is Cl.O=S(=O)(c1c(F)cccc1F)n1ccc2c(N3CCNCC3)c(Cl)ccc21. The molecule has 0 bridgehead atoms. The van der Waals surface area contributed by atoms with Crippen molar-refractivity contribution in [2.24, 2.45) is 0 Å². The van der Waals surface area contributed by atoms with E-state index in [0.717, 1.165) is 54.0 Å². The maximum absolute atomic E-state index is 14.1. The number of fused-ring (bicyclic) bond motifs is 1. The first-order chi connectivity index (χ1) is 12.9. The number of anilines is 1. The number of halogens is 4. The second kappa shape index (κ2) is 7.87. The van der Waals surface area contributed by atoms with Gasteiger partial charge in [0, 0.05) is 37.8 Å². The molecule has 10 heteroatoms. The van der Waals surface area contributed by atoms with Gasteiger partial charge in [0.05, 0.1) is 16.2 Å². The lowest BCUT2D eigenvalue weighted by Gasteiger charge is -2.30. The summed E-state index contributed by atoms with van der Waals surface area (Å²) in [6.07, 6.45) is 1.30. The van der Waals surface area contributed by atoms with E-state index >= 15 is 0 Å². The second-order valence-electron chi connectivity index (χ2n) is 6.23. The molecule has 2 aromatic carbocycles. The van der Waals surface area contributed by atoms with Gasteiger partial charge in [0.2, 0.25) is 0 Å². The number of hydrogen-bond donors (Lipinski definition) is 1. The Labute approximate surface area is 172 Å². The van der Waals surface area contributed by atoms with Crippen LogP contribution in [0.5, 0.6) is 0 Å². The summed E-state index contributed by atoms with van der Waals surface area (Å²) in [6.45, 7) is 3.01. The molecule has 0 aliphatic carbocycles. The van der Waals surface area contributed by atoms with Crippen molar-refractivity contribution in [2.45, 2.75) is 4.90 Å². The Morgan fingerprint density at radius 3 is 2.29 bits per heavy atom. The van der Waals surface area contributed by atoms with Crippen LogP contribution in [0.2, 0.25) is 5.02 Å². The highest BCUT2D eigenvalue weighted by Gasteiger charge is 2.28. The first-order valence-corrected chi connectivity index (χ1v) is 10.2. The molecule has 0 amide bonds. The van der Waals surface area contributed by atoms with E-state index in [0.29, 0.717) is 15.9 Å². The largest absolute Gasteiger partial charge is 0.367 e. The van der Waals surface area contributed by atoms with Crippen LogP contribution in [0.1, 0.15) is 0 Å². The van der Waals surface area contributed by atoms with E-state index in [1.165, 1.54) is 6.20 Å². The van der Waals surface area contributed by atoms with Crippen molar-refractivity contribution < 1.29 is 17.2 Å². The molecule has 1 saturated heterocycles. The summed E-state index contributed by atoms with van der Waals surface area (Å²) in [5.74, 6) is -2.26. The Balaban J connectivity index is 0.00000225. The standard InChI is InChI=1S/C18H16ClF2N3O2S.ClH/c19-13-4-5-16-12(17(13)23-10-7-22-8-11-23)6-9-24(16)27(25,26)18-14(20)2-1-3-15(18)21;/h1-6,9,22H,7-8,10-11H2;1H. The van der Waals surface area contributed by atoms with Gasteiger partial charge in [-0.2, -0.15) is 0 Å². The Kier molecular flexibility index (Phi) is 5.86. The van der Waals surface area contributed by atoms with Crippen molar-refractivity contribution in [3.63, 3.8) is 0 Å². The molecule has 5 nitrogen and oxygen atoms in total. The molecule has 1 N–H and O–H groups in total. The lowest BCUT2D eigenvalue weighted by molar-refractivity contribution is 0.516. The first-order valence-electron chi connectivity index (χ1n) is 8.36. The van der Waals surface area contributed by atoms with E-state index < -0.39 is 26.6 Å². The summed E-state index contributed by atoms with van der Waals surface area (Å²) >= 11 is 6.39. The van der Waals surface area contributed by atoms with Crippen LogP contribution in [0.25, 0.3) is 10.9 Å². The molecule has 3 aromatic rings. The lowest BCUT2D eigenvalue weighted by Crippen LogP contribution is -2.43. The third kappa shape index (κ3) is 3.34. The summed E-state index contributed by atoms with van der Waals surface area (Å²) in [5, 5.41) is 4.36. The van der Waals surface area contributed by atoms with Crippen LogP contribution < -0.4 is 10.2 Å². The quantitative estimate of drug-likeness (QED) is 0.665. The molecular formula is C18H17Cl2F2N3O2S. The molecule has 0 saturated carbocycles. The van der Waals surface area contributed by atoms with Crippen LogP contribution in [0.3, 0.4) is 0 Å². The number of nitrogens with zero attached hydrogens (tertiary/aromatic N) is 2. The molecule has 28 heavy (non-hydrogen) atoms. The van der Waals surface area contributed by atoms with Gasteiger partial charge in [0.15, 0.2) is 4.90 Å². The molecule has 1 aliphatic heterocycles. The van der Waals surface area contributed by atoms with Gasteiger partial charge in [-0.1, -0.05) is 17.7 Å². The van der Waals surface area contributed by atoms with Gasteiger partial charge in [-0.3, -0.25) is 0 Å². The van der Waals surface area contributed by atoms with Crippen molar-refractivity contribution in [2.75, 3.05) is 31.1 Å². The normalized spacial score (nSPS) is 14.9. The van der Waals surface area contributed by atoms with E-state index in [1.807, 2.05) is 0 Å². The van der Waals surface area contributed by atoms with Crippen LogP contribution in [0.4, 0.5) is 14.5 Å². The fourth-order valence-electron chi connectivity index (χ4n) is 3.40. The van der Waals surface area contributed by atoms with Crippen molar-refractivity contribution in [1.29, 1.82) is 0 Å². The Hall–Kier alpha value is -1.87. The summed E-state index contributed by atoms with van der Waals surface area (Å²) in [7, 11) is -4.45. The number of piperazine rings is 1. The molecule has 1 aromatic heterocycles. The third-order valence-corrected chi connectivity index (χ3v) is 6.68. The van der Waals surface area contributed by atoms with E-state index in [-0.39, 0.29) is 12.4 Å². The Morgan fingerprint density at radius 1 is 1.00 bits per heavy atom. The molecule has 0 unspecified atom stereocenters. The van der Waals surface area contributed by atoms with E-state index in [2.05, 4.69) is 10.2 Å². The van der Waals surface area contributed by atoms with Crippen LogP contribution in [-0.2, 0) is 10.0 Å². The number of benzene rings is 2. The van der Waals surface area contributed by atoms with Crippen molar-refractivity contribution in [3.8, 4) is 0 Å². The van der Waals surface area contributed by atoms with Gasteiger partial charge in [0.25, 0.3) is 10.0 Å². The molecule has 1 aliphatic rings. The summed E-state index contributed by atoms with van der Waals surface area (Å²) < 4.78 is 55.0. The van der Waals surface area contributed by atoms with Crippen LogP contribution in [0.15, 0.2) is 47.5 Å². The molecule has 150 valence electrons. The first kappa shape index (κ1) is 20.9. The highest BCUT2D eigenvalue weighted by Crippen LogP contribution is 2.36. The van der Waals surface area contributed by atoms with Gasteiger partial charge >= 0.3 is 0 Å². The lowest BCUT2D eigenvalue weighted by atomic mass is 10.2. The number of nitrogens with one attached hydrogen (secondary N) is 1. The smallest absolute Gasteiger partial charge is 0.274 e. The maximum Gasteiger partial charge on any atom is 0.274 e. The number of rotatable bonds is 3. The maximum atomic E-state index is 14.1. The minimum atomic E-state index is -4.45. The molecular weight excluding hydrogens is 431 g/mol. The van der Waals surface area contributed by atoms with E-state index in [4.69, 9.17) is 11.6 Å². The fraction of sp³-hybridized carbons (Fsp3) is 0.222. The average Bonchev–Trinajstić information content (AvgIpc) is 3.07. The fourth-order valence-corrected chi connectivity index (χ4v) is 5.15. The summed E-state index contributed by atoms with van der Waals surface area (Å²) in [6, 6.07) is 7.72. The van der Waals surface area contributed by atoms with Gasteiger partial charge in [0.1, 0.15) is 11.6 Å². The van der Waals surface area contributed by atoms with Gasteiger partial charge in [-0.15, -0.1) is 12.4 Å². The van der Waals surface area contributed by atoms with Crippen molar-refractivity contribution in [3.05, 3.63) is 59.3 Å². The van der Waals surface area contributed by atoms with Crippen LogP contribution in [0, 0.1) is 11.6 Å². The predicted molar refractivity (Wildman–Crippen MR) is 108 cm³/mol. The zero-order valence-electron chi connectivity index (χ0n) is 14.5. The molecule has 0 spiro atoms. The Bertz CT molecular complexity index is 1110. The average molecular weight is 448 g/mol. The zero-order chi connectivity index (χ0) is 19.2. The molecule has 1 fully saturated rings. The number of hydrogen-bond acceptors (Lipinski definition) is 4. The molecule has 2 heterocycles. The predicted octanol–water partition coefficient (Wildman–Crippen LogP) is 3.64. The molecule has 4 rings (SSSR count). The van der Waals surface area contributed by atoms with Gasteiger partial charge in [-0.05, 0) is 30.3 Å². The number of aromatic nitrogens is 1. The van der Waals surface area contributed by atoms with Gasteiger partial charge < -0.3 is 10.2 Å². The van der Waals surface area contributed by atoms with Crippen molar-refractivity contribution in [1.82, 2.24) is 9.29 Å². The van der Waals surface area contributed by atoms with E-state index in [9.17, 15) is 17.2 Å². The highest BCUT2D eigenvalue weighted by molar-refractivity contribution is 7.90. The van der Waals surface area contributed by atoms with Crippen LogP contribution >= 0.6 is 24.0 Å². The monoisotopic (exact) mass is 447 g/mol. The molecule has 0 radical (unpaired) electrons. The van der Waals surface area contributed by atoms with Gasteiger partial charge in [-0.25, -0.2) is 21.2 Å². The summed E-state index contributed by atoms with van der Waals surface area (Å²) in [5.41, 5.74) is 1.04. The minimum Gasteiger partial charge on any atom is -0.367 e. The third-order valence-electron chi connectivity index (χ3n) is 4.63. The summed E-state index contributed by atoms with van der Waals surface area (Å²) in [4.78, 5) is 1.10. The topological polar surface area (TPSA) is 54.3 Å². The molecule has 0 atom stereocenters. The van der Waals surface area contributed by atoms with Crippen molar-refractivity contribution >= 4 is 50.6 Å².